The number of hydrazine groups is 1. The maximum Gasteiger partial charge on any atom is 0.408 e. The molecule has 1 aliphatic heterocycles. The number of amides is 3. The maximum atomic E-state index is 12.6. The average Bonchev–Trinajstić information content (AvgIpc) is 2.57. The van der Waals surface area contributed by atoms with Crippen LogP contribution in [-0.4, -0.2) is 64.3 Å². The maximum absolute atomic E-state index is 12.6. The van der Waals surface area contributed by atoms with Gasteiger partial charge in [-0.25, -0.2) is 10.2 Å². The van der Waals surface area contributed by atoms with Gasteiger partial charge in [0, 0.05) is 6.54 Å². The van der Waals surface area contributed by atoms with Crippen LogP contribution in [0.15, 0.2) is 0 Å². The number of ether oxygens (including phenoxy) is 1. The highest BCUT2D eigenvalue weighted by Crippen LogP contribution is 2.11. The third-order valence-electron chi connectivity index (χ3n) is 4.10. The summed E-state index contributed by atoms with van der Waals surface area (Å²) in [7, 11) is 0. The number of carboxylic acid groups (broad SMARTS) is 1. The first-order valence-corrected chi connectivity index (χ1v) is 9.42. The van der Waals surface area contributed by atoms with Crippen molar-refractivity contribution in [2.24, 2.45) is 5.92 Å². The van der Waals surface area contributed by atoms with E-state index in [-0.39, 0.29) is 5.92 Å². The lowest BCUT2D eigenvalue weighted by Crippen LogP contribution is -2.60. The fourth-order valence-electron chi connectivity index (χ4n) is 2.69. The summed E-state index contributed by atoms with van der Waals surface area (Å²) in [5.74, 6) is -2.23. The van der Waals surface area contributed by atoms with Gasteiger partial charge in [-0.2, -0.15) is 0 Å². The van der Waals surface area contributed by atoms with Crippen LogP contribution in [0.4, 0.5) is 4.79 Å². The van der Waals surface area contributed by atoms with Crippen molar-refractivity contribution < 1.29 is 29.0 Å². The van der Waals surface area contributed by atoms with Crippen LogP contribution < -0.4 is 16.1 Å². The highest BCUT2D eigenvalue weighted by Gasteiger charge is 2.33. The minimum absolute atomic E-state index is 0.237. The van der Waals surface area contributed by atoms with E-state index < -0.39 is 47.6 Å². The van der Waals surface area contributed by atoms with Crippen molar-refractivity contribution in [1.82, 2.24) is 21.1 Å². The number of aliphatic carboxylic acids is 1. The molecule has 28 heavy (non-hydrogen) atoms. The molecule has 1 aliphatic rings. The number of hydrogen-bond acceptors (Lipinski definition) is 6. The van der Waals surface area contributed by atoms with Crippen molar-refractivity contribution in [3.05, 3.63) is 0 Å². The van der Waals surface area contributed by atoms with Gasteiger partial charge in [0.05, 0.1) is 0 Å². The third-order valence-corrected chi connectivity index (χ3v) is 4.10. The second-order valence-electron chi connectivity index (χ2n) is 8.25. The van der Waals surface area contributed by atoms with Crippen LogP contribution >= 0.6 is 0 Å². The molecule has 0 aromatic heterocycles. The Bertz CT molecular complexity index is 601. The molecule has 0 bridgehead atoms. The van der Waals surface area contributed by atoms with E-state index in [0.717, 1.165) is 0 Å². The predicted octanol–water partition coefficient (Wildman–Crippen LogP) is 0.621. The second kappa shape index (κ2) is 9.72. The predicted molar refractivity (Wildman–Crippen MR) is 101 cm³/mol. The molecule has 10 heteroatoms. The molecule has 1 heterocycles. The highest BCUT2D eigenvalue weighted by atomic mass is 16.6. The Hall–Kier alpha value is -2.36. The average molecular weight is 400 g/mol. The van der Waals surface area contributed by atoms with Gasteiger partial charge in [-0.3, -0.25) is 19.4 Å². The summed E-state index contributed by atoms with van der Waals surface area (Å²) in [6.07, 6.45) is 0.252. The van der Waals surface area contributed by atoms with Gasteiger partial charge in [-0.05, 0) is 46.5 Å². The zero-order valence-electron chi connectivity index (χ0n) is 17.4. The molecule has 1 fully saturated rings. The van der Waals surface area contributed by atoms with E-state index in [1.807, 2.05) is 0 Å². The summed E-state index contributed by atoms with van der Waals surface area (Å²) in [5, 5.41) is 15.4. The van der Waals surface area contributed by atoms with Gasteiger partial charge in [-0.1, -0.05) is 13.8 Å². The molecule has 0 radical (unpaired) electrons. The number of alkyl carbamates (subject to hydrolysis) is 1. The van der Waals surface area contributed by atoms with E-state index in [2.05, 4.69) is 16.1 Å². The molecule has 4 N–H and O–H groups in total. The van der Waals surface area contributed by atoms with E-state index in [1.165, 1.54) is 11.9 Å². The number of nitrogens with one attached hydrogen (secondary N) is 3. The second-order valence-corrected chi connectivity index (χ2v) is 8.25. The summed E-state index contributed by atoms with van der Waals surface area (Å²) in [6.45, 7) is 10.5. The fraction of sp³-hybridized carbons (Fsp3) is 0.778. The highest BCUT2D eigenvalue weighted by molar-refractivity contribution is 5.91. The Morgan fingerprint density at radius 1 is 1.14 bits per heavy atom. The Morgan fingerprint density at radius 3 is 2.25 bits per heavy atom. The van der Waals surface area contributed by atoms with Crippen molar-refractivity contribution in [3.8, 4) is 0 Å². The zero-order chi connectivity index (χ0) is 21.6. The van der Waals surface area contributed by atoms with Crippen LogP contribution in [0.1, 0.15) is 54.4 Å². The summed E-state index contributed by atoms with van der Waals surface area (Å²) in [4.78, 5) is 48.2. The van der Waals surface area contributed by atoms with Crippen LogP contribution in [0.5, 0.6) is 0 Å². The molecule has 0 aromatic carbocycles. The largest absolute Gasteiger partial charge is 0.480 e. The van der Waals surface area contributed by atoms with Crippen LogP contribution in [0.3, 0.4) is 0 Å². The zero-order valence-corrected chi connectivity index (χ0v) is 17.4. The monoisotopic (exact) mass is 400 g/mol. The molecule has 0 spiro atoms. The van der Waals surface area contributed by atoms with Gasteiger partial charge >= 0.3 is 12.1 Å². The number of carboxylic acids is 1. The fourth-order valence-corrected chi connectivity index (χ4v) is 2.69. The summed E-state index contributed by atoms with van der Waals surface area (Å²) >= 11 is 0. The van der Waals surface area contributed by atoms with Gasteiger partial charge in [0.1, 0.15) is 23.7 Å². The van der Waals surface area contributed by atoms with E-state index in [4.69, 9.17) is 9.84 Å². The lowest BCUT2D eigenvalue weighted by molar-refractivity contribution is -0.148. The van der Waals surface area contributed by atoms with Crippen molar-refractivity contribution in [1.29, 1.82) is 0 Å². The molecule has 1 rings (SSSR count). The van der Waals surface area contributed by atoms with Crippen LogP contribution in [-0.2, 0) is 19.1 Å². The van der Waals surface area contributed by atoms with Gasteiger partial charge in [0.25, 0.3) is 5.91 Å². The normalized spacial score (nSPS) is 19.5. The smallest absolute Gasteiger partial charge is 0.408 e. The van der Waals surface area contributed by atoms with Crippen LogP contribution in [0, 0.1) is 5.92 Å². The van der Waals surface area contributed by atoms with E-state index >= 15 is 0 Å². The topological polar surface area (TPSA) is 137 Å². The molecule has 1 saturated heterocycles. The molecular formula is C18H32N4O6. The summed E-state index contributed by atoms with van der Waals surface area (Å²) in [6, 6.07) is -2.61. The molecule has 0 aliphatic carbocycles. The molecule has 3 amide bonds. The first kappa shape index (κ1) is 23.7. The molecule has 0 aromatic rings. The van der Waals surface area contributed by atoms with Gasteiger partial charge in [0.15, 0.2) is 0 Å². The molecule has 3 atom stereocenters. The minimum Gasteiger partial charge on any atom is -0.480 e. The van der Waals surface area contributed by atoms with Gasteiger partial charge in [-0.15, -0.1) is 0 Å². The Morgan fingerprint density at radius 2 is 1.75 bits per heavy atom. The van der Waals surface area contributed by atoms with Crippen LogP contribution in [0.25, 0.3) is 0 Å². The first-order chi connectivity index (χ1) is 12.8. The van der Waals surface area contributed by atoms with Crippen LogP contribution in [0.2, 0.25) is 0 Å². The number of rotatable bonds is 6. The Balaban J connectivity index is 2.69. The lowest BCUT2D eigenvalue weighted by Gasteiger charge is -2.34. The summed E-state index contributed by atoms with van der Waals surface area (Å²) in [5.41, 5.74) is 1.96. The molecule has 10 nitrogen and oxygen atoms in total. The number of nitrogens with zero attached hydrogens (tertiary/aromatic N) is 1. The quantitative estimate of drug-likeness (QED) is 0.513. The molecule has 0 saturated carbocycles. The number of carbonyl (C=O) groups excluding carboxylic acids is 3. The van der Waals surface area contributed by atoms with Crippen molar-refractivity contribution in [3.63, 3.8) is 0 Å². The van der Waals surface area contributed by atoms with Gasteiger partial charge in [0.2, 0.25) is 5.91 Å². The standard InChI is InChI=1S/C18H32N4O6/c1-10(2)13(20-17(27)28-18(4,5)6)14(23)19-11(3)15(24)22-9-7-8-12(21-22)16(25)26/h10-13,21H,7-9H2,1-6H3,(H,19,23)(H,20,27)(H,25,26). The third kappa shape index (κ3) is 7.34. The molecule has 160 valence electrons. The molecular weight excluding hydrogens is 368 g/mol. The molecule has 3 unspecified atom stereocenters. The van der Waals surface area contributed by atoms with Crippen molar-refractivity contribution in [2.75, 3.05) is 6.54 Å². The number of carbonyl (C=O) groups is 4. The summed E-state index contributed by atoms with van der Waals surface area (Å²) < 4.78 is 5.18. The van der Waals surface area contributed by atoms with E-state index in [9.17, 15) is 19.2 Å². The Kier molecular flexibility index (Phi) is 8.22. The first-order valence-electron chi connectivity index (χ1n) is 9.42. The van der Waals surface area contributed by atoms with Gasteiger partial charge < -0.3 is 20.5 Å². The van der Waals surface area contributed by atoms with Crippen molar-refractivity contribution in [2.45, 2.75) is 78.1 Å². The minimum atomic E-state index is -1.03. The number of hydrogen-bond donors (Lipinski definition) is 4. The van der Waals surface area contributed by atoms with E-state index in [1.54, 1.807) is 34.6 Å². The van der Waals surface area contributed by atoms with Crippen molar-refractivity contribution >= 4 is 23.9 Å². The van der Waals surface area contributed by atoms with E-state index in [0.29, 0.717) is 19.4 Å². The lowest BCUT2D eigenvalue weighted by atomic mass is 10.0. The Labute approximate surface area is 165 Å². The SMILES string of the molecule is CC(NC(=O)C(NC(=O)OC(C)(C)C)C(C)C)C(=O)N1CCCC(C(=O)O)N1.